The van der Waals surface area contributed by atoms with E-state index in [1.807, 2.05) is 13.0 Å². The largest absolute Gasteiger partial charge is 0.420 e. The Hall–Kier alpha value is -0.233. The SMILES string of the molecule is C#CC(C)=CCO[SiH2]CC1(Cl)CCCC1. The Bertz CT molecular complexity index is 261. The minimum absolute atomic E-state index is 0.0805. The van der Waals surface area contributed by atoms with Gasteiger partial charge in [-0.25, -0.2) is 0 Å². The predicted molar refractivity (Wildman–Crippen MR) is 68.9 cm³/mol. The highest BCUT2D eigenvalue weighted by molar-refractivity contribution is 6.34. The molecule has 3 heteroatoms. The average Bonchev–Trinajstić information content (AvgIpc) is 2.64. The summed E-state index contributed by atoms with van der Waals surface area (Å²) in [6.07, 6.45) is 12.1. The van der Waals surface area contributed by atoms with Crippen LogP contribution in [0.25, 0.3) is 0 Å². The third-order valence-electron chi connectivity index (χ3n) is 2.93. The molecule has 0 atom stereocenters. The Kier molecular flexibility index (Phi) is 5.45. The summed E-state index contributed by atoms with van der Waals surface area (Å²) in [5.74, 6) is 2.57. The maximum Gasteiger partial charge on any atom is 0.163 e. The van der Waals surface area contributed by atoms with Crippen LogP contribution < -0.4 is 0 Å². The molecule has 1 aliphatic carbocycles. The van der Waals surface area contributed by atoms with E-state index in [1.54, 1.807) is 0 Å². The van der Waals surface area contributed by atoms with Crippen molar-refractivity contribution in [2.75, 3.05) is 6.61 Å². The summed E-state index contributed by atoms with van der Waals surface area (Å²) < 4.78 is 5.62. The number of alkyl halides is 1. The summed E-state index contributed by atoms with van der Waals surface area (Å²) in [6.45, 7) is 2.58. The molecule has 1 fully saturated rings. The molecule has 1 saturated carbocycles. The normalized spacial score (nSPS) is 21.0. The number of rotatable bonds is 5. The van der Waals surface area contributed by atoms with E-state index in [1.165, 1.54) is 25.7 Å². The lowest BCUT2D eigenvalue weighted by Gasteiger charge is -2.19. The van der Waals surface area contributed by atoms with Gasteiger partial charge in [0.15, 0.2) is 9.76 Å². The number of halogens is 1. The molecule has 0 spiro atoms. The first kappa shape index (κ1) is 12.8. The molecule has 0 aliphatic heterocycles. The summed E-state index contributed by atoms with van der Waals surface area (Å²) in [6, 6.07) is 1.09. The van der Waals surface area contributed by atoms with Crippen molar-refractivity contribution in [3.8, 4) is 12.3 Å². The second-order valence-electron chi connectivity index (χ2n) is 4.21. The van der Waals surface area contributed by atoms with Crippen molar-refractivity contribution in [1.82, 2.24) is 0 Å². The minimum atomic E-state index is -0.471. The van der Waals surface area contributed by atoms with Crippen LogP contribution >= 0.6 is 11.6 Å². The standard InChI is InChI=1S/C12H19ClOSi/c1-3-11(2)6-9-14-15-10-12(13)7-4-5-8-12/h1,6H,4-5,7-10,15H2,2H3. The van der Waals surface area contributed by atoms with E-state index in [-0.39, 0.29) is 4.87 Å². The van der Waals surface area contributed by atoms with Crippen LogP contribution in [-0.2, 0) is 4.43 Å². The number of hydrogen-bond donors (Lipinski definition) is 0. The molecule has 0 N–H and O–H groups in total. The monoisotopic (exact) mass is 242 g/mol. The molecule has 1 rings (SSSR count). The van der Waals surface area contributed by atoms with Crippen molar-refractivity contribution < 1.29 is 4.43 Å². The lowest BCUT2D eigenvalue weighted by atomic mass is 10.1. The second-order valence-corrected chi connectivity index (χ2v) is 6.33. The van der Waals surface area contributed by atoms with E-state index in [2.05, 4.69) is 5.92 Å². The van der Waals surface area contributed by atoms with Gasteiger partial charge in [0.05, 0.1) is 6.61 Å². The number of hydrogen-bond acceptors (Lipinski definition) is 1. The van der Waals surface area contributed by atoms with Crippen molar-refractivity contribution in [2.45, 2.75) is 43.5 Å². The van der Waals surface area contributed by atoms with Gasteiger partial charge in [-0.15, -0.1) is 18.0 Å². The summed E-state index contributed by atoms with van der Waals surface area (Å²) in [5.41, 5.74) is 0.949. The van der Waals surface area contributed by atoms with Crippen LogP contribution in [0.5, 0.6) is 0 Å². The first-order chi connectivity index (χ1) is 7.16. The fourth-order valence-electron chi connectivity index (χ4n) is 1.84. The highest BCUT2D eigenvalue weighted by atomic mass is 35.5. The summed E-state index contributed by atoms with van der Waals surface area (Å²) in [4.78, 5) is 0.0805. The van der Waals surface area contributed by atoms with Crippen molar-refractivity contribution in [2.24, 2.45) is 0 Å². The topological polar surface area (TPSA) is 9.23 Å². The Labute approximate surface area is 100 Å². The van der Waals surface area contributed by atoms with Crippen LogP contribution in [0.15, 0.2) is 11.6 Å². The number of terminal acetylenes is 1. The molecule has 0 aromatic heterocycles. The van der Waals surface area contributed by atoms with Gasteiger partial charge in [-0.3, -0.25) is 0 Å². The van der Waals surface area contributed by atoms with E-state index in [0.29, 0.717) is 6.61 Å². The maximum absolute atomic E-state index is 6.45. The molecule has 15 heavy (non-hydrogen) atoms. The van der Waals surface area contributed by atoms with Gasteiger partial charge in [0.25, 0.3) is 0 Å². The zero-order valence-electron chi connectivity index (χ0n) is 9.39. The van der Waals surface area contributed by atoms with Gasteiger partial charge in [0, 0.05) is 4.87 Å². The van der Waals surface area contributed by atoms with Crippen LogP contribution in [-0.4, -0.2) is 21.2 Å². The van der Waals surface area contributed by atoms with Crippen molar-refractivity contribution >= 4 is 21.4 Å². The van der Waals surface area contributed by atoms with Gasteiger partial charge in [0.2, 0.25) is 0 Å². The van der Waals surface area contributed by atoms with E-state index in [4.69, 9.17) is 22.5 Å². The molecule has 0 unspecified atom stereocenters. The third kappa shape index (κ3) is 4.88. The zero-order valence-corrected chi connectivity index (χ0v) is 11.6. The van der Waals surface area contributed by atoms with Gasteiger partial charge >= 0.3 is 0 Å². The molecule has 0 saturated heterocycles. The van der Waals surface area contributed by atoms with E-state index in [0.717, 1.165) is 11.6 Å². The van der Waals surface area contributed by atoms with Crippen molar-refractivity contribution in [1.29, 1.82) is 0 Å². The van der Waals surface area contributed by atoms with Crippen molar-refractivity contribution in [3.63, 3.8) is 0 Å². The molecular weight excluding hydrogens is 224 g/mol. The molecule has 0 amide bonds. The number of allylic oxidation sites excluding steroid dienone is 1. The van der Waals surface area contributed by atoms with E-state index >= 15 is 0 Å². The smallest absolute Gasteiger partial charge is 0.163 e. The molecule has 84 valence electrons. The summed E-state index contributed by atoms with van der Waals surface area (Å²) >= 11 is 6.45. The minimum Gasteiger partial charge on any atom is -0.420 e. The summed E-state index contributed by atoms with van der Waals surface area (Å²) in [5, 5.41) is 0. The molecular formula is C12H19ClOSi. The molecule has 0 radical (unpaired) electrons. The Balaban J connectivity index is 2.09. The highest BCUT2D eigenvalue weighted by Gasteiger charge is 2.30. The Morgan fingerprint density at radius 1 is 1.60 bits per heavy atom. The van der Waals surface area contributed by atoms with E-state index < -0.39 is 9.76 Å². The van der Waals surface area contributed by atoms with Crippen LogP contribution in [0.3, 0.4) is 0 Å². The van der Waals surface area contributed by atoms with Crippen molar-refractivity contribution in [3.05, 3.63) is 11.6 Å². The molecule has 0 aromatic rings. The first-order valence-corrected chi connectivity index (χ1v) is 7.52. The predicted octanol–water partition coefficient (Wildman–Crippen LogP) is 2.64. The average molecular weight is 243 g/mol. The Morgan fingerprint density at radius 2 is 2.27 bits per heavy atom. The van der Waals surface area contributed by atoms with Crippen LogP contribution in [0.2, 0.25) is 6.04 Å². The fourth-order valence-corrected chi connectivity index (χ4v) is 3.63. The van der Waals surface area contributed by atoms with Crippen LogP contribution in [0, 0.1) is 12.3 Å². The van der Waals surface area contributed by atoms with Gasteiger partial charge in [-0.2, -0.15) is 0 Å². The van der Waals surface area contributed by atoms with E-state index in [9.17, 15) is 0 Å². The first-order valence-electron chi connectivity index (χ1n) is 5.56. The molecule has 0 bridgehead atoms. The zero-order chi connectivity index (χ0) is 11.1. The summed E-state index contributed by atoms with van der Waals surface area (Å²) in [7, 11) is -0.471. The maximum atomic E-state index is 6.45. The van der Waals surface area contributed by atoms with Crippen LogP contribution in [0.1, 0.15) is 32.6 Å². The molecule has 0 heterocycles. The molecule has 1 nitrogen and oxygen atoms in total. The fraction of sp³-hybridized carbons (Fsp3) is 0.667. The lowest BCUT2D eigenvalue weighted by molar-refractivity contribution is 0.379. The van der Waals surface area contributed by atoms with Gasteiger partial charge < -0.3 is 4.43 Å². The molecule has 1 aliphatic rings. The quantitative estimate of drug-likeness (QED) is 0.312. The third-order valence-corrected chi connectivity index (χ3v) is 5.50. The second kappa shape index (κ2) is 6.37. The molecule has 0 aromatic carbocycles. The highest BCUT2D eigenvalue weighted by Crippen LogP contribution is 2.38. The van der Waals surface area contributed by atoms with Gasteiger partial charge in [0.1, 0.15) is 0 Å². The van der Waals surface area contributed by atoms with Crippen LogP contribution in [0.4, 0.5) is 0 Å². The van der Waals surface area contributed by atoms with Gasteiger partial charge in [-0.05, 0) is 37.5 Å². The lowest BCUT2D eigenvalue weighted by Crippen LogP contribution is -2.19. The van der Waals surface area contributed by atoms with Gasteiger partial charge in [-0.1, -0.05) is 18.8 Å². The Morgan fingerprint density at radius 3 is 2.87 bits per heavy atom.